The van der Waals surface area contributed by atoms with Crippen molar-refractivity contribution in [2.75, 3.05) is 19.1 Å². The van der Waals surface area contributed by atoms with Gasteiger partial charge in [0.25, 0.3) is 11.8 Å². The number of methoxy groups -OCH3 is 2. The lowest BCUT2D eigenvalue weighted by Gasteiger charge is -2.28. The molecule has 1 heterocycles. The Kier molecular flexibility index (Phi) is 6.21. The van der Waals surface area contributed by atoms with Crippen LogP contribution in [0.5, 0.6) is 11.5 Å². The van der Waals surface area contributed by atoms with Gasteiger partial charge in [-0.1, -0.05) is 25.1 Å². The van der Waals surface area contributed by atoms with E-state index >= 15 is 0 Å². The summed E-state index contributed by atoms with van der Waals surface area (Å²) in [6.45, 7) is 1.93. The average molecular weight is 506 g/mol. The lowest BCUT2D eigenvalue weighted by molar-refractivity contribution is -0.122. The molecular weight excluding hydrogens is 487 g/mol. The van der Waals surface area contributed by atoms with Crippen molar-refractivity contribution in [3.05, 3.63) is 56.7 Å². The summed E-state index contributed by atoms with van der Waals surface area (Å²) in [5, 5.41) is 2.25. The second-order valence-electron chi connectivity index (χ2n) is 6.18. The van der Waals surface area contributed by atoms with Crippen LogP contribution < -0.4 is 19.7 Å². The summed E-state index contributed by atoms with van der Waals surface area (Å²) in [5.41, 5.74) is 1.71. The number of anilines is 1. The largest absolute Gasteiger partial charge is 0.493 e. The first-order valence-electron chi connectivity index (χ1n) is 8.82. The lowest BCUT2D eigenvalue weighted by Crippen LogP contribution is -2.54. The van der Waals surface area contributed by atoms with E-state index in [0.717, 1.165) is 14.0 Å². The zero-order valence-electron chi connectivity index (χ0n) is 16.1. The maximum atomic E-state index is 13.1. The highest BCUT2D eigenvalue weighted by Crippen LogP contribution is 2.34. The predicted octanol–water partition coefficient (Wildman–Crippen LogP) is 3.54. The molecule has 2 aromatic carbocycles. The van der Waals surface area contributed by atoms with Crippen LogP contribution >= 0.6 is 22.6 Å². The molecule has 0 bridgehead atoms. The number of imide groups is 2. The van der Waals surface area contributed by atoms with Crippen LogP contribution in [0.3, 0.4) is 0 Å². The number of rotatable bonds is 5. The Hall–Kier alpha value is -2.88. The molecule has 3 rings (SSSR count). The highest BCUT2D eigenvalue weighted by atomic mass is 127. The van der Waals surface area contributed by atoms with Gasteiger partial charge >= 0.3 is 6.03 Å². The van der Waals surface area contributed by atoms with Gasteiger partial charge in [0.1, 0.15) is 5.57 Å². The average Bonchev–Trinajstić information content (AvgIpc) is 2.70. The first-order chi connectivity index (χ1) is 13.9. The molecule has 8 heteroatoms. The van der Waals surface area contributed by atoms with Crippen LogP contribution in [0.25, 0.3) is 6.08 Å². The van der Waals surface area contributed by atoms with Gasteiger partial charge in [-0.2, -0.15) is 0 Å². The van der Waals surface area contributed by atoms with Crippen molar-refractivity contribution in [1.82, 2.24) is 5.32 Å². The number of hydrogen-bond acceptors (Lipinski definition) is 5. The fraction of sp³-hybridized carbons (Fsp3) is 0.190. The first kappa shape index (κ1) is 20.8. The zero-order valence-corrected chi connectivity index (χ0v) is 18.3. The maximum Gasteiger partial charge on any atom is 0.335 e. The normalized spacial score (nSPS) is 15.5. The maximum absolute atomic E-state index is 13.1. The molecule has 0 spiro atoms. The van der Waals surface area contributed by atoms with E-state index in [4.69, 9.17) is 9.47 Å². The number of amides is 4. The van der Waals surface area contributed by atoms with Gasteiger partial charge in [-0.15, -0.1) is 0 Å². The number of barbiturate groups is 1. The first-order valence-corrected chi connectivity index (χ1v) is 9.90. The summed E-state index contributed by atoms with van der Waals surface area (Å²) in [4.78, 5) is 38.9. The molecule has 1 saturated heterocycles. The van der Waals surface area contributed by atoms with E-state index in [2.05, 4.69) is 27.9 Å². The standard InChI is InChI=1S/C21H19IN2O5/c1-4-13-7-5-6-8-16(13)24-20(26)14(19(25)23-21(24)27)9-12-10-15(22)18(29-3)17(11-12)28-2/h5-11H,4H2,1-3H3,(H,23,25,27). The minimum Gasteiger partial charge on any atom is -0.493 e. The summed E-state index contributed by atoms with van der Waals surface area (Å²) in [7, 11) is 3.04. The van der Waals surface area contributed by atoms with E-state index in [1.54, 1.807) is 24.3 Å². The minimum atomic E-state index is -0.764. The molecule has 4 amide bonds. The Morgan fingerprint density at radius 2 is 1.83 bits per heavy atom. The van der Waals surface area contributed by atoms with E-state index in [1.807, 2.05) is 19.1 Å². The van der Waals surface area contributed by atoms with Gasteiger partial charge in [-0.3, -0.25) is 14.9 Å². The Morgan fingerprint density at radius 1 is 1.10 bits per heavy atom. The summed E-state index contributed by atoms with van der Waals surface area (Å²) in [6, 6.07) is 9.76. The zero-order chi connectivity index (χ0) is 21.1. The molecule has 2 aromatic rings. The molecular formula is C21H19IN2O5. The number of ether oxygens (including phenoxy) is 2. The molecule has 0 unspecified atom stereocenters. The van der Waals surface area contributed by atoms with E-state index in [0.29, 0.717) is 29.2 Å². The van der Waals surface area contributed by atoms with Gasteiger partial charge in [0.15, 0.2) is 11.5 Å². The molecule has 7 nitrogen and oxygen atoms in total. The van der Waals surface area contributed by atoms with Crippen LogP contribution in [0.15, 0.2) is 42.0 Å². The molecule has 0 radical (unpaired) electrons. The number of benzene rings is 2. The molecule has 1 aliphatic rings. The molecule has 0 aromatic heterocycles. The highest BCUT2D eigenvalue weighted by Gasteiger charge is 2.37. The van der Waals surface area contributed by atoms with Gasteiger partial charge in [0.2, 0.25) is 0 Å². The van der Waals surface area contributed by atoms with Crippen LogP contribution in [-0.2, 0) is 16.0 Å². The quantitative estimate of drug-likeness (QED) is 0.381. The van der Waals surface area contributed by atoms with Gasteiger partial charge in [-0.05, 0) is 64.4 Å². The number of nitrogens with zero attached hydrogens (tertiary/aromatic N) is 1. The summed E-state index contributed by atoms with van der Waals surface area (Å²) >= 11 is 2.08. The van der Waals surface area contributed by atoms with Crippen LogP contribution in [0, 0.1) is 3.57 Å². The number of carbonyl (C=O) groups excluding carboxylic acids is 3. The van der Waals surface area contributed by atoms with Gasteiger partial charge < -0.3 is 9.47 Å². The number of urea groups is 1. The predicted molar refractivity (Wildman–Crippen MR) is 117 cm³/mol. The summed E-state index contributed by atoms with van der Waals surface area (Å²) in [5.74, 6) is -0.387. The number of nitrogens with one attached hydrogen (secondary N) is 1. The van der Waals surface area contributed by atoms with Crippen LogP contribution in [-0.4, -0.2) is 32.1 Å². The van der Waals surface area contributed by atoms with E-state index in [-0.39, 0.29) is 5.57 Å². The molecule has 1 fully saturated rings. The highest BCUT2D eigenvalue weighted by molar-refractivity contribution is 14.1. The van der Waals surface area contributed by atoms with Crippen LogP contribution in [0.4, 0.5) is 10.5 Å². The third kappa shape index (κ3) is 3.98. The lowest BCUT2D eigenvalue weighted by atomic mass is 10.0. The fourth-order valence-corrected chi connectivity index (χ4v) is 3.94. The van der Waals surface area contributed by atoms with E-state index in [9.17, 15) is 14.4 Å². The number of hydrogen-bond donors (Lipinski definition) is 1. The molecule has 0 atom stereocenters. The number of para-hydroxylation sites is 1. The van der Waals surface area contributed by atoms with Crippen molar-refractivity contribution in [2.45, 2.75) is 13.3 Å². The smallest absolute Gasteiger partial charge is 0.335 e. The second-order valence-corrected chi connectivity index (χ2v) is 7.34. The molecule has 0 saturated carbocycles. The molecule has 29 heavy (non-hydrogen) atoms. The van der Waals surface area contributed by atoms with Crippen LogP contribution in [0.2, 0.25) is 0 Å². The molecule has 0 aliphatic carbocycles. The minimum absolute atomic E-state index is 0.140. The topological polar surface area (TPSA) is 84.9 Å². The number of halogens is 1. The monoisotopic (exact) mass is 506 g/mol. The molecule has 1 aliphatic heterocycles. The van der Waals surface area contributed by atoms with Crippen LogP contribution in [0.1, 0.15) is 18.1 Å². The summed E-state index contributed by atoms with van der Waals surface area (Å²) in [6.07, 6.45) is 2.07. The second kappa shape index (κ2) is 8.64. The van der Waals surface area contributed by atoms with Crippen molar-refractivity contribution in [3.63, 3.8) is 0 Å². The van der Waals surface area contributed by atoms with E-state index < -0.39 is 17.8 Å². The third-order valence-electron chi connectivity index (χ3n) is 4.48. The van der Waals surface area contributed by atoms with Gasteiger partial charge in [0, 0.05) is 0 Å². The molecule has 1 N–H and O–H groups in total. The Bertz CT molecular complexity index is 1030. The van der Waals surface area contributed by atoms with Crippen molar-refractivity contribution in [1.29, 1.82) is 0 Å². The van der Waals surface area contributed by atoms with Crippen molar-refractivity contribution < 1.29 is 23.9 Å². The van der Waals surface area contributed by atoms with Crippen molar-refractivity contribution in [3.8, 4) is 11.5 Å². The van der Waals surface area contributed by atoms with Crippen molar-refractivity contribution >= 4 is 52.2 Å². The Morgan fingerprint density at radius 3 is 2.48 bits per heavy atom. The summed E-state index contributed by atoms with van der Waals surface area (Å²) < 4.78 is 11.4. The van der Waals surface area contributed by atoms with E-state index in [1.165, 1.54) is 20.3 Å². The Balaban J connectivity index is 2.08. The third-order valence-corrected chi connectivity index (χ3v) is 5.28. The molecule has 150 valence electrons. The van der Waals surface area contributed by atoms with Gasteiger partial charge in [-0.25, -0.2) is 9.69 Å². The SMILES string of the molecule is CCc1ccccc1N1C(=O)NC(=O)C(=Cc2cc(I)c(OC)c(OC)c2)C1=O. The van der Waals surface area contributed by atoms with Gasteiger partial charge in [0.05, 0.1) is 23.5 Å². The fourth-order valence-electron chi connectivity index (χ4n) is 3.09. The Labute approximate surface area is 181 Å². The number of carbonyl (C=O) groups is 3. The van der Waals surface area contributed by atoms with Crippen molar-refractivity contribution in [2.24, 2.45) is 0 Å². The number of aryl methyl sites for hydroxylation is 1.